The summed E-state index contributed by atoms with van der Waals surface area (Å²) < 4.78 is 0. The van der Waals surface area contributed by atoms with E-state index in [1.807, 2.05) is 17.9 Å². The molecule has 1 atom stereocenters. The smallest absolute Gasteiger partial charge is 0.317 e. The maximum atomic E-state index is 12.6. The second kappa shape index (κ2) is 10.5. The number of piperazine rings is 1. The van der Waals surface area contributed by atoms with E-state index in [2.05, 4.69) is 60.6 Å². The SMILES string of the molecule is CCCNC(=O)CN1CCN(C(=O)NC(C)CC(C)(C)c2ccccc2)CC1. The Morgan fingerprint density at radius 3 is 2.36 bits per heavy atom. The van der Waals surface area contributed by atoms with Crippen LogP contribution in [0.25, 0.3) is 0 Å². The van der Waals surface area contributed by atoms with Gasteiger partial charge in [-0.3, -0.25) is 9.69 Å². The van der Waals surface area contributed by atoms with Gasteiger partial charge in [-0.15, -0.1) is 0 Å². The maximum Gasteiger partial charge on any atom is 0.317 e. The first kappa shape index (κ1) is 22.2. The fourth-order valence-corrected chi connectivity index (χ4v) is 3.76. The highest BCUT2D eigenvalue weighted by atomic mass is 16.2. The topological polar surface area (TPSA) is 64.7 Å². The minimum atomic E-state index is -0.00792. The van der Waals surface area contributed by atoms with E-state index in [1.165, 1.54) is 5.56 Å². The number of carbonyl (C=O) groups excluding carboxylic acids is 2. The van der Waals surface area contributed by atoms with Crippen molar-refractivity contribution in [2.75, 3.05) is 39.3 Å². The summed E-state index contributed by atoms with van der Waals surface area (Å²) in [6.45, 7) is 12.4. The standard InChI is InChI=1S/C22H36N4O2/c1-5-11-23-20(27)17-25-12-14-26(15-13-25)21(28)24-18(2)16-22(3,4)19-9-7-6-8-10-19/h6-10,18H,5,11-17H2,1-4H3,(H,23,27)(H,24,28). The molecule has 1 aliphatic heterocycles. The van der Waals surface area contributed by atoms with E-state index in [0.29, 0.717) is 19.6 Å². The molecule has 0 aliphatic carbocycles. The number of hydrogen-bond donors (Lipinski definition) is 2. The number of rotatable bonds is 8. The van der Waals surface area contributed by atoms with Crippen molar-refractivity contribution in [1.29, 1.82) is 0 Å². The molecule has 0 aromatic heterocycles. The van der Waals surface area contributed by atoms with Crippen LogP contribution in [-0.2, 0) is 10.2 Å². The van der Waals surface area contributed by atoms with Gasteiger partial charge in [0.25, 0.3) is 0 Å². The van der Waals surface area contributed by atoms with Crippen LogP contribution in [0, 0.1) is 0 Å². The quantitative estimate of drug-likeness (QED) is 0.719. The number of carbonyl (C=O) groups is 2. The summed E-state index contributed by atoms with van der Waals surface area (Å²) in [5.41, 5.74) is 1.28. The summed E-state index contributed by atoms with van der Waals surface area (Å²) in [7, 11) is 0. The molecule has 156 valence electrons. The Balaban J connectivity index is 1.75. The lowest BCUT2D eigenvalue weighted by Gasteiger charge is -2.36. The van der Waals surface area contributed by atoms with E-state index < -0.39 is 0 Å². The van der Waals surface area contributed by atoms with Gasteiger partial charge in [0.05, 0.1) is 6.54 Å². The van der Waals surface area contributed by atoms with Crippen LogP contribution >= 0.6 is 0 Å². The zero-order valence-electron chi connectivity index (χ0n) is 17.8. The molecule has 0 bridgehead atoms. The second-order valence-electron chi connectivity index (χ2n) is 8.42. The van der Waals surface area contributed by atoms with Crippen molar-refractivity contribution in [3.8, 4) is 0 Å². The number of hydrogen-bond acceptors (Lipinski definition) is 3. The average Bonchev–Trinajstić information content (AvgIpc) is 2.67. The van der Waals surface area contributed by atoms with Crippen LogP contribution in [-0.4, -0.2) is 67.0 Å². The van der Waals surface area contributed by atoms with Crippen molar-refractivity contribution in [2.45, 2.75) is 52.0 Å². The molecular weight excluding hydrogens is 352 g/mol. The Hall–Kier alpha value is -2.08. The largest absolute Gasteiger partial charge is 0.355 e. The molecule has 1 saturated heterocycles. The van der Waals surface area contributed by atoms with Gasteiger partial charge in [-0.2, -0.15) is 0 Å². The van der Waals surface area contributed by atoms with Gasteiger partial charge in [-0.05, 0) is 30.7 Å². The zero-order valence-corrected chi connectivity index (χ0v) is 17.8. The number of amides is 3. The molecule has 6 nitrogen and oxygen atoms in total. The van der Waals surface area contributed by atoms with Crippen molar-refractivity contribution >= 4 is 11.9 Å². The Kier molecular flexibility index (Phi) is 8.30. The Bertz CT molecular complexity index is 625. The van der Waals surface area contributed by atoms with Gasteiger partial charge in [0.1, 0.15) is 0 Å². The van der Waals surface area contributed by atoms with Crippen LogP contribution in [0.5, 0.6) is 0 Å². The molecule has 3 amide bonds. The van der Waals surface area contributed by atoms with Gasteiger partial charge < -0.3 is 15.5 Å². The van der Waals surface area contributed by atoms with Gasteiger partial charge in [0.2, 0.25) is 5.91 Å². The normalized spacial score (nSPS) is 16.5. The summed E-state index contributed by atoms with van der Waals surface area (Å²) in [6.07, 6.45) is 1.82. The summed E-state index contributed by atoms with van der Waals surface area (Å²) in [5, 5.41) is 6.05. The van der Waals surface area contributed by atoms with Crippen LogP contribution < -0.4 is 10.6 Å². The van der Waals surface area contributed by atoms with Crippen molar-refractivity contribution in [2.24, 2.45) is 0 Å². The predicted molar refractivity (Wildman–Crippen MR) is 113 cm³/mol. The number of nitrogens with zero attached hydrogens (tertiary/aromatic N) is 2. The van der Waals surface area contributed by atoms with Crippen molar-refractivity contribution in [1.82, 2.24) is 20.4 Å². The lowest BCUT2D eigenvalue weighted by Crippen LogP contribution is -2.54. The molecule has 0 spiro atoms. The lowest BCUT2D eigenvalue weighted by molar-refractivity contribution is -0.122. The minimum Gasteiger partial charge on any atom is -0.355 e. The van der Waals surface area contributed by atoms with E-state index in [0.717, 1.165) is 32.5 Å². The van der Waals surface area contributed by atoms with E-state index in [9.17, 15) is 9.59 Å². The van der Waals surface area contributed by atoms with Gasteiger partial charge in [-0.1, -0.05) is 51.1 Å². The van der Waals surface area contributed by atoms with Crippen LogP contribution in [0.15, 0.2) is 30.3 Å². The highest BCUT2D eigenvalue weighted by Crippen LogP contribution is 2.28. The van der Waals surface area contributed by atoms with E-state index in [4.69, 9.17) is 0 Å². The molecule has 2 rings (SSSR count). The third-order valence-corrected chi connectivity index (χ3v) is 5.34. The van der Waals surface area contributed by atoms with Gasteiger partial charge >= 0.3 is 6.03 Å². The van der Waals surface area contributed by atoms with E-state index in [-0.39, 0.29) is 23.4 Å². The Morgan fingerprint density at radius 2 is 1.75 bits per heavy atom. The molecule has 0 radical (unpaired) electrons. The highest BCUT2D eigenvalue weighted by Gasteiger charge is 2.27. The Morgan fingerprint density at radius 1 is 1.11 bits per heavy atom. The van der Waals surface area contributed by atoms with Crippen LogP contribution in [0.3, 0.4) is 0 Å². The first-order valence-corrected chi connectivity index (χ1v) is 10.4. The first-order valence-electron chi connectivity index (χ1n) is 10.4. The molecule has 1 aromatic rings. The summed E-state index contributed by atoms with van der Waals surface area (Å²) in [4.78, 5) is 28.4. The molecular formula is C22H36N4O2. The molecule has 1 aliphatic rings. The first-order chi connectivity index (χ1) is 13.3. The van der Waals surface area contributed by atoms with Crippen molar-refractivity contribution in [3.05, 3.63) is 35.9 Å². The molecule has 0 saturated carbocycles. The third kappa shape index (κ3) is 6.82. The monoisotopic (exact) mass is 388 g/mol. The Labute approximate surface area is 169 Å². The average molecular weight is 389 g/mol. The van der Waals surface area contributed by atoms with Gasteiger partial charge in [-0.25, -0.2) is 4.79 Å². The number of benzene rings is 1. The maximum absolute atomic E-state index is 12.6. The summed E-state index contributed by atoms with van der Waals surface area (Å²) in [5.74, 6) is 0.0662. The number of nitrogens with one attached hydrogen (secondary N) is 2. The summed E-state index contributed by atoms with van der Waals surface area (Å²) >= 11 is 0. The molecule has 28 heavy (non-hydrogen) atoms. The molecule has 1 fully saturated rings. The molecule has 6 heteroatoms. The minimum absolute atomic E-state index is 0.00148. The molecule has 2 N–H and O–H groups in total. The highest BCUT2D eigenvalue weighted by molar-refractivity contribution is 5.78. The molecule has 1 unspecified atom stereocenters. The van der Waals surface area contributed by atoms with E-state index in [1.54, 1.807) is 0 Å². The van der Waals surface area contributed by atoms with Crippen molar-refractivity contribution < 1.29 is 9.59 Å². The van der Waals surface area contributed by atoms with Gasteiger partial charge in [0, 0.05) is 38.8 Å². The summed E-state index contributed by atoms with van der Waals surface area (Å²) in [6, 6.07) is 10.5. The lowest BCUT2D eigenvalue weighted by atomic mass is 9.79. The molecule has 1 heterocycles. The van der Waals surface area contributed by atoms with E-state index >= 15 is 0 Å². The number of urea groups is 1. The zero-order chi connectivity index (χ0) is 20.6. The second-order valence-corrected chi connectivity index (χ2v) is 8.42. The van der Waals surface area contributed by atoms with Crippen molar-refractivity contribution in [3.63, 3.8) is 0 Å². The fourth-order valence-electron chi connectivity index (χ4n) is 3.76. The third-order valence-electron chi connectivity index (χ3n) is 5.34. The van der Waals surface area contributed by atoms with Crippen LogP contribution in [0.4, 0.5) is 4.79 Å². The molecule has 1 aromatic carbocycles. The fraction of sp³-hybridized carbons (Fsp3) is 0.636. The van der Waals surface area contributed by atoms with Crippen LogP contribution in [0.1, 0.15) is 46.1 Å². The van der Waals surface area contributed by atoms with Gasteiger partial charge in [0.15, 0.2) is 0 Å². The van der Waals surface area contributed by atoms with Crippen LogP contribution in [0.2, 0.25) is 0 Å². The predicted octanol–water partition coefficient (Wildman–Crippen LogP) is 2.60.